The van der Waals surface area contributed by atoms with Crippen molar-refractivity contribution in [3.8, 4) is 17.1 Å². The van der Waals surface area contributed by atoms with E-state index in [1.165, 1.54) is 12.1 Å². The molecule has 8 heteroatoms. The number of carbonyl (C=O) groups is 1. The predicted octanol–water partition coefficient (Wildman–Crippen LogP) is 3.70. The molecule has 0 radical (unpaired) electrons. The van der Waals surface area contributed by atoms with Crippen LogP contribution in [0.4, 0.5) is 4.39 Å². The van der Waals surface area contributed by atoms with Gasteiger partial charge in [-0.15, -0.1) is 0 Å². The van der Waals surface area contributed by atoms with Gasteiger partial charge >= 0.3 is 0 Å². The molecule has 4 aromatic rings. The lowest BCUT2D eigenvalue weighted by atomic mass is 10.2. The molecule has 2 heterocycles. The van der Waals surface area contributed by atoms with Crippen molar-refractivity contribution in [2.24, 2.45) is 0 Å². The van der Waals surface area contributed by atoms with E-state index < -0.39 is 0 Å². The van der Waals surface area contributed by atoms with Crippen molar-refractivity contribution in [1.29, 1.82) is 0 Å². The van der Waals surface area contributed by atoms with Gasteiger partial charge in [0.25, 0.3) is 0 Å². The molecule has 0 aliphatic carbocycles. The number of nitrogens with zero attached hydrogens (tertiary/aromatic N) is 4. The molecule has 0 bridgehead atoms. The summed E-state index contributed by atoms with van der Waals surface area (Å²) in [5.74, 6) is 0.510. The maximum atomic E-state index is 13.0. The Hall–Kier alpha value is -3.81. The van der Waals surface area contributed by atoms with Crippen LogP contribution in [-0.4, -0.2) is 25.8 Å². The minimum atomic E-state index is -0.317. The van der Waals surface area contributed by atoms with E-state index in [9.17, 15) is 9.18 Å². The van der Waals surface area contributed by atoms with Crippen molar-refractivity contribution in [2.75, 3.05) is 0 Å². The molecule has 152 valence electrons. The van der Waals surface area contributed by atoms with Gasteiger partial charge in [0.05, 0.1) is 5.69 Å². The first-order valence-corrected chi connectivity index (χ1v) is 9.61. The molecule has 0 spiro atoms. The average Bonchev–Trinajstić information content (AvgIpc) is 3.46. The highest BCUT2D eigenvalue weighted by Crippen LogP contribution is 2.17. The van der Waals surface area contributed by atoms with E-state index in [0.29, 0.717) is 43.1 Å². The van der Waals surface area contributed by atoms with Crippen molar-refractivity contribution < 1.29 is 13.7 Å². The number of benzene rings is 2. The normalized spacial score (nSPS) is 10.8. The highest BCUT2D eigenvalue weighted by atomic mass is 19.1. The van der Waals surface area contributed by atoms with Crippen LogP contribution >= 0.6 is 0 Å². The fraction of sp³-hybridized carbons (Fsp3) is 0.182. The molecule has 0 atom stereocenters. The number of rotatable bonds is 8. The minimum absolute atomic E-state index is 0.0376. The van der Waals surface area contributed by atoms with Crippen LogP contribution in [0, 0.1) is 5.82 Å². The number of hydrogen-bond donors (Lipinski definition) is 1. The summed E-state index contributed by atoms with van der Waals surface area (Å²) in [5, 5.41) is 11.0. The van der Waals surface area contributed by atoms with Crippen molar-refractivity contribution in [2.45, 2.75) is 25.8 Å². The highest BCUT2D eigenvalue weighted by Gasteiger charge is 2.10. The summed E-state index contributed by atoms with van der Waals surface area (Å²) in [5.41, 5.74) is 2.66. The molecule has 1 amide bonds. The van der Waals surface area contributed by atoms with E-state index in [1.807, 2.05) is 36.5 Å². The van der Waals surface area contributed by atoms with Gasteiger partial charge in [-0.2, -0.15) is 10.1 Å². The summed E-state index contributed by atoms with van der Waals surface area (Å²) in [6.45, 7) is 0.466. The molecule has 0 unspecified atom stereocenters. The van der Waals surface area contributed by atoms with Crippen LogP contribution in [0.25, 0.3) is 17.1 Å². The second-order valence-corrected chi connectivity index (χ2v) is 6.77. The van der Waals surface area contributed by atoms with E-state index in [-0.39, 0.29) is 11.7 Å². The predicted molar refractivity (Wildman–Crippen MR) is 108 cm³/mol. The number of hydrogen-bond acceptors (Lipinski definition) is 5. The molecule has 0 fully saturated rings. The van der Waals surface area contributed by atoms with Gasteiger partial charge in [-0.25, -0.2) is 9.07 Å². The third-order valence-electron chi connectivity index (χ3n) is 4.56. The maximum Gasteiger partial charge on any atom is 0.226 e. The van der Waals surface area contributed by atoms with E-state index in [2.05, 4.69) is 20.6 Å². The van der Waals surface area contributed by atoms with Gasteiger partial charge in [0.15, 0.2) is 0 Å². The average molecular weight is 405 g/mol. The second kappa shape index (κ2) is 9.13. The Kier molecular flexibility index (Phi) is 5.93. The Bertz CT molecular complexity index is 1090. The van der Waals surface area contributed by atoms with Crippen LogP contribution in [0.5, 0.6) is 0 Å². The summed E-state index contributed by atoms with van der Waals surface area (Å²) in [6, 6.07) is 15.6. The molecule has 2 aromatic heterocycles. The molecular weight excluding hydrogens is 385 g/mol. The Morgan fingerprint density at radius 3 is 2.63 bits per heavy atom. The van der Waals surface area contributed by atoms with Crippen LogP contribution in [0.2, 0.25) is 0 Å². The molecule has 0 aliphatic heterocycles. The standard InChI is InChI=1S/C22H20FN5O2/c23-18-9-7-17(8-10-18)22-26-21(30-27-22)4-1-3-20(29)24-15-16-5-11-19(12-6-16)28-14-2-13-25-28/h2,5-14H,1,3-4,15H2,(H,24,29). The minimum Gasteiger partial charge on any atom is -0.352 e. The highest BCUT2D eigenvalue weighted by molar-refractivity contribution is 5.75. The lowest BCUT2D eigenvalue weighted by molar-refractivity contribution is -0.121. The van der Waals surface area contributed by atoms with Crippen molar-refractivity contribution in [1.82, 2.24) is 25.2 Å². The van der Waals surface area contributed by atoms with E-state index in [4.69, 9.17) is 4.52 Å². The summed E-state index contributed by atoms with van der Waals surface area (Å²) in [7, 11) is 0. The second-order valence-electron chi connectivity index (χ2n) is 6.77. The Morgan fingerprint density at radius 1 is 1.10 bits per heavy atom. The monoisotopic (exact) mass is 405 g/mol. The lowest BCUT2D eigenvalue weighted by Crippen LogP contribution is -2.22. The zero-order valence-electron chi connectivity index (χ0n) is 16.2. The van der Waals surface area contributed by atoms with Crippen LogP contribution in [-0.2, 0) is 17.8 Å². The molecule has 2 aromatic carbocycles. The largest absolute Gasteiger partial charge is 0.352 e. The maximum absolute atomic E-state index is 13.0. The van der Waals surface area contributed by atoms with E-state index >= 15 is 0 Å². The van der Waals surface area contributed by atoms with Crippen LogP contribution in [0.1, 0.15) is 24.3 Å². The van der Waals surface area contributed by atoms with Crippen LogP contribution in [0.15, 0.2) is 71.5 Å². The molecule has 4 rings (SSSR count). The molecule has 0 saturated heterocycles. The number of amides is 1. The number of nitrogens with one attached hydrogen (secondary N) is 1. The quantitative estimate of drug-likeness (QED) is 0.483. The summed E-state index contributed by atoms with van der Waals surface area (Å²) in [4.78, 5) is 16.4. The van der Waals surface area contributed by atoms with E-state index in [0.717, 1.165) is 11.3 Å². The van der Waals surface area contributed by atoms with Crippen molar-refractivity contribution >= 4 is 5.91 Å². The number of carbonyl (C=O) groups excluding carboxylic acids is 1. The fourth-order valence-corrected chi connectivity index (χ4v) is 2.95. The number of aromatic nitrogens is 4. The molecule has 0 saturated carbocycles. The summed E-state index contributed by atoms with van der Waals surface area (Å²) in [6.07, 6.45) is 5.06. The number of halogens is 1. The summed E-state index contributed by atoms with van der Waals surface area (Å²) >= 11 is 0. The fourth-order valence-electron chi connectivity index (χ4n) is 2.95. The first kappa shape index (κ1) is 19.5. The first-order valence-electron chi connectivity index (χ1n) is 9.61. The molecule has 7 nitrogen and oxygen atoms in total. The van der Waals surface area contributed by atoms with Crippen LogP contribution in [0.3, 0.4) is 0 Å². The zero-order valence-corrected chi connectivity index (χ0v) is 16.2. The molecule has 1 N–H and O–H groups in total. The van der Waals surface area contributed by atoms with Gasteiger partial charge in [-0.1, -0.05) is 17.3 Å². The van der Waals surface area contributed by atoms with Gasteiger partial charge in [-0.05, 0) is 54.4 Å². The van der Waals surface area contributed by atoms with Gasteiger partial charge in [0, 0.05) is 37.3 Å². The third kappa shape index (κ3) is 4.96. The molecule has 30 heavy (non-hydrogen) atoms. The Balaban J connectivity index is 1.20. The SMILES string of the molecule is O=C(CCCc1nc(-c2ccc(F)cc2)no1)NCc1ccc(-n2cccn2)cc1. The Morgan fingerprint density at radius 2 is 1.90 bits per heavy atom. The zero-order chi connectivity index (χ0) is 20.8. The Labute approximate surface area is 172 Å². The van der Waals surface area contributed by atoms with Gasteiger partial charge in [0.2, 0.25) is 17.6 Å². The molecule has 0 aliphatic rings. The van der Waals surface area contributed by atoms with Gasteiger partial charge in [0.1, 0.15) is 5.82 Å². The lowest BCUT2D eigenvalue weighted by Gasteiger charge is -2.06. The van der Waals surface area contributed by atoms with E-state index in [1.54, 1.807) is 23.0 Å². The van der Waals surface area contributed by atoms with Crippen LogP contribution < -0.4 is 5.32 Å². The number of aryl methyl sites for hydroxylation is 1. The molecular formula is C22H20FN5O2. The topological polar surface area (TPSA) is 85.8 Å². The van der Waals surface area contributed by atoms with Gasteiger partial charge < -0.3 is 9.84 Å². The summed E-state index contributed by atoms with van der Waals surface area (Å²) < 4.78 is 20.0. The third-order valence-corrected chi connectivity index (χ3v) is 4.56. The smallest absolute Gasteiger partial charge is 0.226 e. The van der Waals surface area contributed by atoms with Gasteiger partial charge in [-0.3, -0.25) is 4.79 Å². The van der Waals surface area contributed by atoms with Crippen molar-refractivity contribution in [3.05, 3.63) is 84.3 Å². The first-order chi connectivity index (χ1) is 14.7. The van der Waals surface area contributed by atoms with Crippen molar-refractivity contribution in [3.63, 3.8) is 0 Å².